The molecule has 140 valence electrons. The van der Waals surface area contributed by atoms with Gasteiger partial charge in [-0.25, -0.2) is 0 Å². The molecule has 2 amide bonds. The SMILES string of the molecule is CCn1ncc(NC(=O)Cn2nc(C(F)(F)F)cc2C2CC2)c1C(N)=O. The van der Waals surface area contributed by atoms with Crippen molar-refractivity contribution >= 4 is 17.5 Å². The molecule has 26 heavy (non-hydrogen) atoms. The summed E-state index contributed by atoms with van der Waals surface area (Å²) < 4.78 is 41.1. The Labute approximate surface area is 146 Å². The average Bonchev–Trinajstić information content (AvgIpc) is 3.16. The number of amides is 2. The molecule has 0 radical (unpaired) electrons. The fraction of sp³-hybridized carbons (Fsp3) is 0.467. The van der Waals surface area contributed by atoms with Gasteiger partial charge in [-0.2, -0.15) is 23.4 Å². The van der Waals surface area contributed by atoms with Crippen LogP contribution in [0.5, 0.6) is 0 Å². The van der Waals surface area contributed by atoms with E-state index in [-0.39, 0.29) is 17.3 Å². The number of carbonyl (C=O) groups is 2. The van der Waals surface area contributed by atoms with Crippen molar-refractivity contribution in [3.05, 3.63) is 29.3 Å². The first-order valence-electron chi connectivity index (χ1n) is 8.01. The molecule has 1 fully saturated rings. The summed E-state index contributed by atoms with van der Waals surface area (Å²) in [7, 11) is 0. The molecule has 1 aliphatic rings. The van der Waals surface area contributed by atoms with Crippen LogP contribution >= 0.6 is 0 Å². The molecule has 8 nitrogen and oxygen atoms in total. The molecule has 0 spiro atoms. The number of anilines is 1. The average molecular weight is 370 g/mol. The number of rotatable bonds is 6. The standard InChI is InChI=1S/C15H17F3N6O2/c1-2-23-13(14(19)26)9(6-20-23)21-12(25)7-24-10(8-3-4-8)5-11(22-24)15(16,17)18/h5-6,8H,2-4,7H2,1H3,(H2,19,26)(H,21,25). The quantitative estimate of drug-likeness (QED) is 0.807. The van der Waals surface area contributed by atoms with E-state index in [2.05, 4.69) is 15.5 Å². The van der Waals surface area contributed by atoms with Crippen LogP contribution < -0.4 is 11.1 Å². The summed E-state index contributed by atoms with van der Waals surface area (Å²) >= 11 is 0. The fourth-order valence-electron chi connectivity index (χ4n) is 2.71. The van der Waals surface area contributed by atoms with Crippen molar-refractivity contribution in [2.75, 3.05) is 5.32 Å². The Morgan fingerprint density at radius 1 is 1.35 bits per heavy atom. The van der Waals surface area contributed by atoms with Gasteiger partial charge < -0.3 is 11.1 Å². The zero-order chi connectivity index (χ0) is 19.1. The first-order chi connectivity index (χ1) is 12.2. The van der Waals surface area contributed by atoms with Crippen LogP contribution in [0.1, 0.15) is 47.6 Å². The molecule has 0 aliphatic heterocycles. The summed E-state index contributed by atoms with van der Waals surface area (Å²) in [5.41, 5.74) is 4.79. The number of nitrogens with zero attached hydrogens (tertiary/aromatic N) is 4. The van der Waals surface area contributed by atoms with E-state index < -0.39 is 30.2 Å². The van der Waals surface area contributed by atoms with Crippen LogP contribution in [0, 0.1) is 0 Å². The zero-order valence-electron chi connectivity index (χ0n) is 13.9. The Hall–Kier alpha value is -2.85. The van der Waals surface area contributed by atoms with Crippen LogP contribution in [0.4, 0.5) is 18.9 Å². The van der Waals surface area contributed by atoms with E-state index in [1.54, 1.807) is 6.92 Å². The fourth-order valence-corrected chi connectivity index (χ4v) is 2.71. The molecule has 1 aliphatic carbocycles. The summed E-state index contributed by atoms with van der Waals surface area (Å²) in [5, 5.41) is 9.92. The molecule has 0 unspecified atom stereocenters. The topological polar surface area (TPSA) is 108 Å². The number of primary amides is 1. The Bertz CT molecular complexity index is 850. The maximum atomic E-state index is 12.9. The van der Waals surface area contributed by atoms with E-state index in [0.717, 1.165) is 23.6 Å². The second kappa shape index (κ2) is 6.46. The van der Waals surface area contributed by atoms with Crippen molar-refractivity contribution in [1.82, 2.24) is 19.6 Å². The second-order valence-corrected chi connectivity index (χ2v) is 6.02. The molecule has 2 aromatic rings. The number of hydrogen-bond acceptors (Lipinski definition) is 4. The van der Waals surface area contributed by atoms with Crippen LogP contribution in [0.25, 0.3) is 0 Å². The lowest BCUT2D eigenvalue weighted by Crippen LogP contribution is -2.24. The predicted molar refractivity (Wildman–Crippen MR) is 84.3 cm³/mol. The van der Waals surface area contributed by atoms with Gasteiger partial charge in [0.1, 0.15) is 12.2 Å². The number of hydrogen-bond donors (Lipinski definition) is 2. The van der Waals surface area contributed by atoms with Crippen LogP contribution in [0.2, 0.25) is 0 Å². The minimum Gasteiger partial charge on any atom is -0.364 e. The molecule has 0 atom stereocenters. The summed E-state index contributed by atoms with van der Waals surface area (Å²) in [6, 6.07) is 0.981. The summed E-state index contributed by atoms with van der Waals surface area (Å²) in [6.07, 6.45) is -1.78. The van der Waals surface area contributed by atoms with E-state index >= 15 is 0 Å². The predicted octanol–water partition coefficient (Wildman–Crippen LogP) is 1.73. The molecule has 11 heteroatoms. The minimum atomic E-state index is -4.58. The van der Waals surface area contributed by atoms with E-state index in [1.165, 1.54) is 10.9 Å². The lowest BCUT2D eigenvalue weighted by atomic mass is 10.2. The molecular weight excluding hydrogens is 353 g/mol. The van der Waals surface area contributed by atoms with Gasteiger partial charge in [-0.15, -0.1) is 0 Å². The van der Waals surface area contributed by atoms with Gasteiger partial charge >= 0.3 is 6.18 Å². The van der Waals surface area contributed by atoms with Gasteiger partial charge in [0.25, 0.3) is 5.91 Å². The van der Waals surface area contributed by atoms with Crippen molar-refractivity contribution in [3.63, 3.8) is 0 Å². The lowest BCUT2D eigenvalue weighted by Gasteiger charge is -2.08. The Balaban J connectivity index is 1.80. The number of halogens is 3. The maximum Gasteiger partial charge on any atom is 0.435 e. The molecular formula is C15H17F3N6O2. The van der Waals surface area contributed by atoms with E-state index in [9.17, 15) is 22.8 Å². The molecule has 1 saturated carbocycles. The van der Waals surface area contributed by atoms with Gasteiger partial charge in [0.2, 0.25) is 5.91 Å². The van der Waals surface area contributed by atoms with Crippen molar-refractivity contribution in [3.8, 4) is 0 Å². The van der Waals surface area contributed by atoms with Crippen molar-refractivity contribution in [1.29, 1.82) is 0 Å². The number of nitrogens with one attached hydrogen (secondary N) is 1. The number of alkyl halides is 3. The Morgan fingerprint density at radius 3 is 2.58 bits per heavy atom. The van der Waals surface area contributed by atoms with E-state index in [1.807, 2.05) is 0 Å². The maximum absolute atomic E-state index is 12.9. The normalized spacial score (nSPS) is 14.5. The van der Waals surface area contributed by atoms with Gasteiger partial charge in [-0.05, 0) is 25.8 Å². The number of aromatic nitrogens is 4. The highest BCUT2D eigenvalue weighted by Gasteiger charge is 2.38. The summed E-state index contributed by atoms with van der Waals surface area (Å²) in [5.74, 6) is -1.41. The van der Waals surface area contributed by atoms with Crippen molar-refractivity contribution < 1.29 is 22.8 Å². The van der Waals surface area contributed by atoms with Crippen LogP contribution in [-0.4, -0.2) is 31.4 Å². The van der Waals surface area contributed by atoms with E-state index in [0.29, 0.717) is 12.2 Å². The number of carbonyl (C=O) groups excluding carboxylic acids is 2. The van der Waals surface area contributed by atoms with Gasteiger partial charge in [0.05, 0.1) is 11.9 Å². The highest BCUT2D eigenvalue weighted by Crippen LogP contribution is 2.42. The first-order valence-corrected chi connectivity index (χ1v) is 8.01. The second-order valence-electron chi connectivity index (χ2n) is 6.02. The van der Waals surface area contributed by atoms with Crippen LogP contribution in [0.15, 0.2) is 12.3 Å². The van der Waals surface area contributed by atoms with Gasteiger partial charge in [0, 0.05) is 18.2 Å². The smallest absolute Gasteiger partial charge is 0.364 e. The lowest BCUT2D eigenvalue weighted by molar-refractivity contribution is -0.141. The molecule has 0 aromatic carbocycles. The van der Waals surface area contributed by atoms with E-state index in [4.69, 9.17) is 5.73 Å². The highest BCUT2D eigenvalue weighted by molar-refractivity contribution is 6.01. The molecule has 3 rings (SSSR count). The molecule has 2 heterocycles. The monoisotopic (exact) mass is 370 g/mol. The van der Waals surface area contributed by atoms with Crippen molar-refractivity contribution in [2.24, 2.45) is 5.73 Å². The number of nitrogens with two attached hydrogens (primary N) is 1. The third kappa shape index (κ3) is 3.55. The summed E-state index contributed by atoms with van der Waals surface area (Å²) in [6.45, 7) is 1.71. The first kappa shape index (κ1) is 18.0. The third-order valence-corrected chi connectivity index (χ3v) is 4.04. The molecule has 0 saturated heterocycles. The van der Waals surface area contributed by atoms with Gasteiger partial charge in [0.15, 0.2) is 5.69 Å². The molecule has 3 N–H and O–H groups in total. The summed E-state index contributed by atoms with van der Waals surface area (Å²) in [4.78, 5) is 23.8. The van der Waals surface area contributed by atoms with Crippen LogP contribution in [0.3, 0.4) is 0 Å². The Kier molecular flexibility index (Phi) is 4.46. The van der Waals surface area contributed by atoms with Crippen LogP contribution in [-0.2, 0) is 24.1 Å². The molecule has 2 aromatic heterocycles. The highest BCUT2D eigenvalue weighted by atomic mass is 19.4. The molecule has 0 bridgehead atoms. The zero-order valence-corrected chi connectivity index (χ0v) is 13.9. The van der Waals surface area contributed by atoms with Crippen molar-refractivity contribution in [2.45, 2.75) is 44.9 Å². The van der Waals surface area contributed by atoms with Gasteiger partial charge in [-0.1, -0.05) is 0 Å². The third-order valence-electron chi connectivity index (χ3n) is 4.04. The van der Waals surface area contributed by atoms with Gasteiger partial charge in [-0.3, -0.25) is 19.0 Å². The largest absolute Gasteiger partial charge is 0.435 e. The number of aryl methyl sites for hydroxylation is 1. The Morgan fingerprint density at radius 2 is 2.04 bits per heavy atom. The minimum absolute atomic E-state index is 0.0181.